The molecule has 0 spiro atoms. The third kappa shape index (κ3) is 5.23. The fourth-order valence-corrected chi connectivity index (χ4v) is 4.38. The maximum atomic E-state index is 13.3. The van der Waals surface area contributed by atoms with Crippen LogP contribution < -0.4 is 14.4 Å². The molecule has 170 valence electrons. The average Bonchev–Trinajstić information content (AvgIpc) is 3.45. The van der Waals surface area contributed by atoms with Crippen LogP contribution in [0, 0.1) is 0 Å². The first-order valence-electron chi connectivity index (χ1n) is 10.7. The van der Waals surface area contributed by atoms with E-state index in [1.807, 2.05) is 42.6 Å². The van der Waals surface area contributed by atoms with E-state index in [0.29, 0.717) is 23.8 Å². The molecular formula is C25H24N2O5S. The van der Waals surface area contributed by atoms with E-state index in [4.69, 9.17) is 9.47 Å². The number of nitrogens with zero attached hydrogens (tertiary/aromatic N) is 2. The van der Waals surface area contributed by atoms with Crippen LogP contribution in [0.4, 0.5) is 5.69 Å². The van der Waals surface area contributed by atoms with Crippen molar-refractivity contribution in [2.75, 3.05) is 18.1 Å². The van der Waals surface area contributed by atoms with Gasteiger partial charge in [-0.1, -0.05) is 24.3 Å². The Morgan fingerprint density at radius 3 is 2.39 bits per heavy atom. The molecule has 1 unspecified atom stereocenters. The molecule has 7 nitrogen and oxygen atoms in total. The monoisotopic (exact) mass is 464 g/mol. The molecule has 33 heavy (non-hydrogen) atoms. The van der Waals surface area contributed by atoms with E-state index in [0.717, 1.165) is 9.78 Å². The van der Waals surface area contributed by atoms with Crippen molar-refractivity contribution in [1.29, 1.82) is 0 Å². The molecule has 3 aromatic rings. The van der Waals surface area contributed by atoms with Crippen molar-refractivity contribution in [3.63, 3.8) is 0 Å². The lowest BCUT2D eigenvalue weighted by atomic mass is 10.2. The topological polar surface area (TPSA) is 76.2 Å². The van der Waals surface area contributed by atoms with E-state index in [-0.39, 0.29) is 31.4 Å². The third-order valence-corrected chi connectivity index (χ3v) is 6.10. The number of ether oxygens (including phenoxy) is 2. The summed E-state index contributed by atoms with van der Waals surface area (Å²) in [6.07, 6.45) is -0.0749. The number of carbonyl (C=O) groups is 3. The van der Waals surface area contributed by atoms with Gasteiger partial charge in [-0.3, -0.25) is 14.4 Å². The minimum Gasteiger partial charge on any atom is -0.494 e. The number of thiophene rings is 1. The van der Waals surface area contributed by atoms with Crippen LogP contribution in [0.2, 0.25) is 0 Å². The smallest absolute Gasteiger partial charge is 0.261 e. The highest BCUT2D eigenvalue weighted by Crippen LogP contribution is 2.29. The van der Waals surface area contributed by atoms with Crippen molar-refractivity contribution >= 4 is 34.7 Å². The molecule has 8 heteroatoms. The zero-order valence-corrected chi connectivity index (χ0v) is 19.0. The van der Waals surface area contributed by atoms with E-state index in [2.05, 4.69) is 0 Å². The van der Waals surface area contributed by atoms with Gasteiger partial charge in [-0.2, -0.15) is 0 Å². The Labute approximate surface area is 196 Å². The lowest BCUT2D eigenvalue weighted by Crippen LogP contribution is -2.46. The summed E-state index contributed by atoms with van der Waals surface area (Å²) in [5.74, 6) is 0.0964. The van der Waals surface area contributed by atoms with Gasteiger partial charge in [0.25, 0.3) is 11.8 Å². The van der Waals surface area contributed by atoms with Crippen molar-refractivity contribution < 1.29 is 23.9 Å². The summed E-state index contributed by atoms with van der Waals surface area (Å²) in [4.78, 5) is 42.8. The number of imide groups is 1. The Balaban J connectivity index is 1.53. The summed E-state index contributed by atoms with van der Waals surface area (Å²) >= 11 is 1.49. The van der Waals surface area contributed by atoms with Crippen LogP contribution in [0.5, 0.6) is 11.5 Å². The van der Waals surface area contributed by atoms with Gasteiger partial charge in [0, 0.05) is 4.88 Å². The van der Waals surface area contributed by atoms with Crippen molar-refractivity contribution in [3.8, 4) is 11.5 Å². The van der Waals surface area contributed by atoms with Gasteiger partial charge >= 0.3 is 0 Å². The Kier molecular flexibility index (Phi) is 7.04. The Bertz CT molecular complexity index is 1100. The maximum Gasteiger partial charge on any atom is 0.261 e. The molecule has 0 saturated carbocycles. The van der Waals surface area contributed by atoms with Gasteiger partial charge in [-0.15, -0.1) is 11.3 Å². The fraction of sp³-hybridized carbons (Fsp3) is 0.240. The van der Waals surface area contributed by atoms with Crippen LogP contribution in [0.25, 0.3) is 0 Å². The second-order valence-electron chi connectivity index (χ2n) is 7.42. The van der Waals surface area contributed by atoms with E-state index in [1.54, 1.807) is 36.4 Å². The summed E-state index contributed by atoms with van der Waals surface area (Å²) in [5.41, 5.74) is 0.458. The largest absolute Gasteiger partial charge is 0.494 e. The van der Waals surface area contributed by atoms with Gasteiger partial charge in [0.1, 0.15) is 17.5 Å². The van der Waals surface area contributed by atoms with Gasteiger partial charge < -0.3 is 14.4 Å². The number of amides is 3. The molecule has 4 rings (SSSR count). The summed E-state index contributed by atoms with van der Waals surface area (Å²) in [7, 11) is 0. The van der Waals surface area contributed by atoms with E-state index in [9.17, 15) is 14.4 Å². The first-order chi connectivity index (χ1) is 16.1. The van der Waals surface area contributed by atoms with Gasteiger partial charge in [0.15, 0.2) is 6.61 Å². The van der Waals surface area contributed by atoms with Gasteiger partial charge in [-0.25, -0.2) is 4.90 Å². The molecule has 1 saturated heterocycles. The van der Waals surface area contributed by atoms with Crippen molar-refractivity contribution in [3.05, 3.63) is 77.0 Å². The highest BCUT2D eigenvalue weighted by atomic mass is 32.1. The molecule has 0 N–H and O–H groups in total. The molecule has 0 bridgehead atoms. The first-order valence-corrected chi connectivity index (χ1v) is 11.5. The van der Waals surface area contributed by atoms with Gasteiger partial charge in [-0.05, 0) is 54.8 Å². The molecule has 3 amide bonds. The van der Waals surface area contributed by atoms with Crippen LogP contribution in [0.1, 0.15) is 18.2 Å². The molecule has 1 aliphatic rings. The molecule has 2 heterocycles. The second-order valence-corrected chi connectivity index (χ2v) is 8.45. The summed E-state index contributed by atoms with van der Waals surface area (Å²) in [6.45, 7) is 2.41. The van der Waals surface area contributed by atoms with Crippen LogP contribution in [-0.4, -0.2) is 41.9 Å². The number of para-hydroxylation sites is 1. The van der Waals surface area contributed by atoms with Crippen LogP contribution >= 0.6 is 11.3 Å². The Hall–Kier alpha value is -3.65. The molecule has 1 fully saturated rings. The van der Waals surface area contributed by atoms with E-state index < -0.39 is 11.9 Å². The standard InChI is InChI=1S/C25H24N2O5S/c1-2-31-20-12-10-18(11-13-20)27-23(28)15-22(25(27)30)26(16-21-9-6-14-33-21)24(29)17-32-19-7-4-3-5-8-19/h3-14,22H,2,15-17H2,1H3. The lowest BCUT2D eigenvalue weighted by Gasteiger charge is -2.27. The predicted molar refractivity (Wildman–Crippen MR) is 125 cm³/mol. The predicted octanol–water partition coefficient (Wildman–Crippen LogP) is 3.89. The fourth-order valence-electron chi connectivity index (χ4n) is 3.68. The average molecular weight is 465 g/mol. The molecule has 1 aromatic heterocycles. The minimum atomic E-state index is -0.891. The summed E-state index contributed by atoms with van der Waals surface area (Å²) < 4.78 is 11.1. The number of benzene rings is 2. The third-order valence-electron chi connectivity index (χ3n) is 5.24. The number of hydrogen-bond acceptors (Lipinski definition) is 6. The molecule has 1 aliphatic heterocycles. The Morgan fingerprint density at radius 2 is 1.73 bits per heavy atom. The lowest BCUT2D eigenvalue weighted by molar-refractivity contribution is -0.140. The van der Waals surface area contributed by atoms with Crippen LogP contribution in [-0.2, 0) is 20.9 Å². The van der Waals surface area contributed by atoms with Gasteiger partial charge in [0.05, 0.1) is 25.3 Å². The van der Waals surface area contributed by atoms with Crippen molar-refractivity contribution in [2.45, 2.75) is 25.9 Å². The highest BCUT2D eigenvalue weighted by Gasteiger charge is 2.44. The number of anilines is 1. The summed E-state index contributed by atoms with van der Waals surface area (Å²) in [6, 6.07) is 18.7. The minimum absolute atomic E-state index is 0.0749. The summed E-state index contributed by atoms with van der Waals surface area (Å²) in [5, 5.41) is 1.91. The molecular weight excluding hydrogens is 440 g/mol. The highest BCUT2D eigenvalue weighted by molar-refractivity contribution is 7.09. The molecule has 0 aliphatic carbocycles. The van der Waals surface area contributed by atoms with Crippen LogP contribution in [0.15, 0.2) is 72.1 Å². The number of hydrogen-bond donors (Lipinski definition) is 0. The van der Waals surface area contributed by atoms with Crippen LogP contribution in [0.3, 0.4) is 0 Å². The van der Waals surface area contributed by atoms with E-state index >= 15 is 0 Å². The molecule has 0 radical (unpaired) electrons. The quantitative estimate of drug-likeness (QED) is 0.449. The second kappa shape index (κ2) is 10.3. The zero-order chi connectivity index (χ0) is 23.2. The van der Waals surface area contributed by atoms with Crippen molar-refractivity contribution in [2.24, 2.45) is 0 Å². The maximum absolute atomic E-state index is 13.3. The molecule has 2 aromatic carbocycles. The number of carbonyl (C=O) groups excluding carboxylic acids is 3. The van der Waals surface area contributed by atoms with E-state index in [1.165, 1.54) is 16.2 Å². The van der Waals surface area contributed by atoms with Crippen molar-refractivity contribution in [1.82, 2.24) is 4.90 Å². The SMILES string of the molecule is CCOc1ccc(N2C(=O)CC(N(Cc3cccs3)C(=O)COc3ccccc3)C2=O)cc1. The van der Waals surface area contributed by atoms with Gasteiger partial charge in [0.2, 0.25) is 5.91 Å². The first kappa shape index (κ1) is 22.5. The number of rotatable bonds is 9. The Morgan fingerprint density at radius 1 is 1.00 bits per heavy atom. The molecule has 1 atom stereocenters. The normalized spacial score (nSPS) is 15.5. The zero-order valence-electron chi connectivity index (χ0n) is 18.2.